The number of nitrogens with zero attached hydrogens (tertiary/aromatic N) is 2. The van der Waals surface area contributed by atoms with Crippen molar-refractivity contribution in [2.75, 3.05) is 5.73 Å². The van der Waals surface area contributed by atoms with Crippen LogP contribution in [0.2, 0.25) is 0 Å². The zero-order chi connectivity index (χ0) is 13.2. The summed E-state index contributed by atoms with van der Waals surface area (Å²) in [6.45, 7) is 2.10. The van der Waals surface area contributed by atoms with Crippen LogP contribution in [0.4, 0.5) is 5.69 Å². The second-order valence-corrected chi connectivity index (χ2v) is 4.56. The van der Waals surface area contributed by atoms with Crippen molar-refractivity contribution in [3.63, 3.8) is 0 Å². The van der Waals surface area contributed by atoms with Crippen molar-refractivity contribution < 1.29 is 0 Å². The number of anilines is 1. The van der Waals surface area contributed by atoms with E-state index in [0.717, 1.165) is 17.1 Å². The average Bonchev–Trinajstić information content (AvgIpc) is 2.88. The van der Waals surface area contributed by atoms with Gasteiger partial charge in [0.1, 0.15) is 0 Å². The van der Waals surface area contributed by atoms with Crippen LogP contribution >= 0.6 is 0 Å². The van der Waals surface area contributed by atoms with Crippen LogP contribution in [-0.4, -0.2) is 9.55 Å². The first-order chi connectivity index (χ1) is 9.25. The minimum absolute atomic E-state index is 0.752. The highest BCUT2D eigenvalue weighted by atomic mass is 15.0. The highest BCUT2D eigenvalue weighted by Crippen LogP contribution is 2.26. The first-order valence-corrected chi connectivity index (χ1v) is 6.20. The number of imidazole rings is 1. The number of rotatable bonds is 2. The topological polar surface area (TPSA) is 43.8 Å². The second kappa shape index (κ2) is 4.61. The van der Waals surface area contributed by atoms with Gasteiger partial charge in [0.05, 0.1) is 18.2 Å². The molecule has 3 nitrogen and oxygen atoms in total. The number of nitrogens with two attached hydrogens (primary N) is 1. The lowest BCUT2D eigenvalue weighted by Gasteiger charge is -2.10. The van der Waals surface area contributed by atoms with Crippen LogP contribution in [0.1, 0.15) is 5.56 Å². The van der Waals surface area contributed by atoms with Gasteiger partial charge in [-0.2, -0.15) is 0 Å². The van der Waals surface area contributed by atoms with Gasteiger partial charge in [0, 0.05) is 16.9 Å². The smallest absolute Gasteiger partial charge is 0.0997 e. The van der Waals surface area contributed by atoms with Crippen LogP contribution in [0.25, 0.3) is 16.9 Å². The molecule has 0 amide bonds. The van der Waals surface area contributed by atoms with Crippen LogP contribution in [0.3, 0.4) is 0 Å². The average molecular weight is 249 g/mol. The predicted molar refractivity (Wildman–Crippen MR) is 78.1 cm³/mol. The minimum atomic E-state index is 0.752. The van der Waals surface area contributed by atoms with Crippen LogP contribution in [-0.2, 0) is 0 Å². The lowest BCUT2D eigenvalue weighted by molar-refractivity contribution is 1.06. The maximum atomic E-state index is 5.85. The van der Waals surface area contributed by atoms with E-state index in [4.69, 9.17) is 5.73 Å². The van der Waals surface area contributed by atoms with E-state index in [1.54, 1.807) is 0 Å². The molecular weight excluding hydrogens is 234 g/mol. The lowest BCUT2D eigenvalue weighted by atomic mass is 10.1. The molecule has 0 aliphatic carbocycles. The Balaban J connectivity index is 2.16. The largest absolute Gasteiger partial charge is 0.399 e. The molecule has 0 spiro atoms. The van der Waals surface area contributed by atoms with Crippen LogP contribution in [0.5, 0.6) is 0 Å². The molecule has 0 radical (unpaired) electrons. The van der Waals surface area contributed by atoms with Crippen molar-refractivity contribution in [1.82, 2.24) is 9.55 Å². The molecule has 3 rings (SSSR count). The third kappa shape index (κ3) is 2.10. The van der Waals surface area contributed by atoms with E-state index in [-0.39, 0.29) is 0 Å². The summed E-state index contributed by atoms with van der Waals surface area (Å²) >= 11 is 0. The Kier molecular flexibility index (Phi) is 2.80. The highest BCUT2D eigenvalue weighted by molar-refractivity contribution is 5.66. The molecule has 0 bridgehead atoms. The number of nitrogen functional groups attached to an aromatic ring is 1. The molecule has 2 N–H and O–H groups in total. The Hall–Kier alpha value is -2.55. The molecule has 0 saturated heterocycles. The summed E-state index contributed by atoms with van der Waals surface area (Å²) < 4.78 is 2.05. The third-order valence-corrected chi connectivity index (χ3v) is 3.21. The Morgan fingerprint density at radius 1 is 1.05 bits per heavy atom. The van der Waals surface area contributed by atoms with Crippen LogP contribution < -0.4 is 5.73 Å². The Labute approximate surface area is 112 Å². The molecule has 3 aromatic rings. The molecule has 0 saturated carbocycles. The second-order valence-electron chi connectivity index (χ2n) is 4.56. The number of aromatic nitrogens is 2. The van der Waals surface area contributed by atoms with Gasteiger partial charge >= 0.3 is 0 Å². The number of aryl methyl sites for hydroxylation is 1. The Bertz CT molecular complexity index is 713. The molecule has 3 heteroatoms. The number of hydrogen-bond donors (Lipinski definition) is 1. The lowest BCUT2D eigenvalue weighted by Crippen LogP contribution is -1.97. The Morgan fingerprint density at radius 2 is 1.89 bits per heavy atom. The summed E-state index contributed by atoms with van der Waals surface area (Å²) in [5.74, 6) is 0. The molecule has 0 aliphatic rings. The molecule has 0 unspecified atom stereocenters. The molecule has 0 aliphatic heterocycles. The van der Waals surface area contributed by atoms with Gasteiger partial charge in [0.2, 0.25) is 0 Å². The zero-order valence-electron chi connectivity index (χ0n) is 10.7. The monoisotopic (exact) mass is 249 g/mol. The minimum Gasteiger partial charge on any atom is -0.399 e. The van der Waals surface area contributed by atoms with Gasteiger partial charge < -0.3 is 5.73 Å². The molecular formula is C16H15N3. The fourth-order valence-corrected chi connectivity index (χ4v) is 2.23. The number of benzene rings is 2. The SMILES string of the molecule is Cc1ccccc1-c1cncn1-c1cccc(N)c1. The van der Waals surface area contributed by atoms with E-state index in [2.05, 4.69) is 28.6 Å². The highest BCUT2D eigenvalue weighted by Gasteiger charge is 2.08. The molecule has 0 fully saturated rings. The maximum Gasteiger partial charge on any atom is 0.0997 e. The molecule has 0 atom stereocenters. The van der Waals surface area contributed by atoms with E-state index in [1.165, 1.54) is 11.1 Å². The number of hydrogen-bond acceptors (Lipinski definition) is 2. The van der Waals surface area contributed by atoms with Gasteiger partial charge in [-0.1, -0.05) is 30.3 Å². The fourth-order valence-electron chi connectivity index (χ4n) is 2.23. The zero-order valence-corrected chi connectivity index (χ0v) is 10.7. The van der Waals surface area contributed by atoms with Crippen molar-refractivity contribution in [2.45, 2.75) is 6.92 Å². The molecule has 1 heterocycles. The van der Waals surface area contributed by atoms with Gasteiger partial charge in [-0.05, 0) is 30.7 Å². The quantitative estimate of drug-likeness (QED) is 0.707. The van der Waals surface area contributed by atoms with Crippen molar-refractivity contribution in [1.29, 1.82) is 0 Å². The summed E-state index contributed by atoms with van der Waals surface area (Å²) in [6.07, 6.45) is 3.70. The van der Waals surface area contributed by atoms with Gasteiger partial charge in [0.25, 0.3) is 0 Å². The van der Waals surface area contributed by atoms with E-state index in [1.807, 2.05) is 48.9 Å². The first-order valence-electron chi connectivity index (χ1n) is 6.20. The van der Waals surface area contributed by atoms with Gasteiger partial charge in [-0.15, -0.1) is 0 Å². The first kappa shape index (κ1) is 11.5. The summed E-state index contributed by atoms with van der Waals surface area (Å²) in [5.41, 5.74) is 11.1. The standard InChI is InChI=1S/C16H15N3/c1-12-5-2-3-8-15(12)16-10-18-11-19(16)14-7-4-6-13(17)9-14/h2-11H,17H2,1H3. The van der Waals surface area contributed by atoms with Gasteiger partial charge in [0.15, 0.2) is 0 Å². The summed E-state index contributed by atoms with van der Waals surface area (Å²) in [5, 5.41) is 0. The molecule has 1 aromatic heterocycles. The van der Waals surface area contributed by atoms with Crippen molar-refractivity contribution in [3.8, 4) is 16.9 Å². The van der Waals surface area contributed by atoms with E-state index >= 15 is 0 Å². The predicted octanol–water partition coefficient (Wildman–Crippen LogP) is 3.43. The van der Waals surface area contributed by atoms with E-state index in [0.29, 0.717) is 0 Å². The fraction of sp³-hybridized carbons (Fsp3) is 0.0625. The van der Waals surface area contributed by atoms with Crippen molar-refractivity contribution in [2.24, 2.45) is 0 Å². The van der Waals surface area contributed by atoms with Crippen molar-refractivity contribution >= 4 is 5.69 Å². The maximum absolute atomic E-state index is 5.85. The molecule has 2 aromatic carbocycles. The van der Waals surface area contributed by atoms with E-state index < -0.39 is 0 Å². The summed E-state index contributed by atoms with van der Waals surface area (Å²) in [4.78, 5) is 4.27. The van der Waals surface area contributed by atoms with Crippen molar-refractivity contribution in [3.05, 3.63) is 66.6 Å². The molecule has 19 heavy (non-hydrogen) atoms. The third-order valence-electron chi connectivity index (χ3n) is 3.21. The van der Waals surface area contributed by atoms with Gasteiger partial charge in [-0.25, -0.2) is 4.98 Å². The molecule has 94 valence electrons. The van der Waals surface area contributed by atoms with E-state index in [9.17, 15) is 0 Å². The normalized spacial score (nSPS) is 10.6. The Morgan fingerprint density at radius 3 is 2.68 bits per heavy atom. The van der Waals surface area contributed by atoms with Gasteiger partial charge in [-0.3, -0.25) is 4.57 Å². The van der Waals surface area contributed by atoms with Crippen LogP contribution in [0, 0.1) is 6.92 Å². The van der Waals surface area contributed by atoms with Crippen LogP contribution in [0.15, 0.2) is 61.1 Å². The summed E-state index contributed by atoms with van der Waals surface area (Å²) in [6, 6.07) is 16.1. The summed E-state index contributed by atoms with van der Waals surface area (Å²) in [7, 11) is 0.